The van der Waals surface area contributed by atoms with E-state index in [4.69, 9.17) is 5.53 Å². The summed E-state index contributed by atoms with van der Waals surface area (Å²) in [7, 11) is 0. The number of hydrogen-bond donors (Lipinski definition) is 1. The molecule has 28 heavy (non-hydrogen) atoms. The van der Waals surface area contributed by atoms with Crippen LogP contribution in [0, 0.1) is 6.92 Å². The molecule has 0 amide bonds. The highest BCUT2D eigenvalue weighted by Crippen LogP contribution is 2.30. The zero-order valence-corrected chi connectivity index (χ0v) is 16.8. The van der Waals surface area contributed by atoms with Crippen LogP contribution in [0.3, 0.4) is 0 Å². The summed E-state index contributed by atoms with van der Waals surface area (Å²) in [6.07, 6.45) is 0. The molecule has 1 N–H and O–H groups in total. The van der Waals surface area contributed by atoms with Crippen molar-refractivity contribution in [1.29, 1.82) is 0 Å². The smallest absolute Gasteiger partial charge is 0.254 e. The highest BCUT2D eigenvalue weighted by atomic mass is 32.2. The molecule has 3 rings (SSSR count). The van der Waals surface area contributed by atoms with Gasteiger partial charge in [0, 0.05) is 15.7 Å². The van der Waals surface area contributed by atoms with Gasteiger partial charge in [-0.25, -0.2) is 4.98 Å². The van der Waals surface area contributed by atoms with Crippen molar-refractivity contribution in [3.8, 4) is 11.1 Å². The predicted molar refractivity (Wildman–Crippen MR) is 113 cm³/mol. The molecule has 6 nitrogen and oxygen atoms in total. The predicted octanol–water partition coefficient (Wildman–Crippen LogP) is 5.65. The van der Waals surface area contributed by atoms with E-state index in [0.29, 0.717) is 16.4 Å². The molecule has 0 aliphatic rings. The van der Waals surface area contributed by atoms with Crippen molar-refractivity contribution < 1.29 is 0 Å². The van der Waals surface area contributed by atoms with E-state index < -0.39 is 6.04 Å². The third kappa shape index (κ3) is 4.44. The molecule has 0 fully saturated rings. The minimum Gasteiger partial charge on any atom is -0.301 e. The van der Waals surface area contributed by atoms with Crippen LogP contribution in [0.15, 0.2) is 69.7 Å². The molecule has 0 saturated carbocycles. The summed E-state index contributed by atoms with van der Waals surface area (Å²) in [6.45, 7) is 5.75. The molecule has 0 aliphatic carbocycles. The fraction of sp³-hybridized carbons (Fsp3) is 0.238. The van der Waals surface area contributed by atoms with Crippen LogP contribution in [0.2, 0.25) is 0 Å². The first-order valence-electron chi connectivity index (χ1n) is 8.96. The Morgan fingerprint density at radius 3 is 2.32 bits per heavy atom. The Hall–Kier alpha value is -3.02. The molecule has 7 heteroatoms. The molecule has 1 aromatic heterocycles. The van der Waals surface area contributed by atoms with Crippen LogP contribution in [0.5, 0.6) is 0 Å². The Morgan fingerprint density at radius 2 is 1.71 bits per heavy atom. The summed E-state index contributed by atoms with van der Waals surface area (Å²) >= 11 is 1.46. The normalized spacial score (nSPS) is 11.9. The number of hydrogen-bond acceptors (Lipinski definition) is 4. The summed E-state index contributed by atoms with van der Waals surface area (Å²) in [5.74, 6) is 0. The second kappa shape index (κ2) is 8.78. The fourth-order valence-electron chi connectivity index (χ4n) is 2.89. The molecular formula is C21H21N5OS. The molecule has 1 heterocycles. The molecule has 1 unspecified atom stereocenters. The van der Waals surface area contributed by atoms with Crippen LogP contribution in [0.1, 0.15) is 36.7 Å². The Labute approximate surface area is 167 Å². The second-order valence-corrected chi connectivity index (χ2v) is 8.21. The zero-order chi connectivity index (χ0) is 20.1. The summed E-state index contributed by atoms with van der Waals surface area (Å²) in [4.78, 5) is 22.8. The highest BCUT2D eigenvalue weighted by molar-refractivity contribution is 7.99. The highest BCUT2D eigenvalue weighted by Gasteiger charge is 2.20. The van der Waals surface area contributed by atoms with Gasteiger partial charge in [0.25, 0.3) is 5.56 Å². The monoisotopic (exact) mass is 391 g/mol. The minimum absolute atomic E-state index is 0.216. The van der Waals surface area contributed by atoms with Crippen molar-refractivity contribution in [1.82, 2.24) is 9.97 Å². The van der Waals surface area contributed by atoms with Crippen LogP contribution in [0.25, 0.3) is 21.6 Å². The van der Waals surface area contributed by atoms with Crippen molar-refractivity contribution in [2.75, 3.05) is 0 Å². The van der Waals surface area contributed by atoms with Crippen molar-refractivity contribution >= 4 is 11.8 Å². The van der Waals surface area contributed by atoms with Crippen LogP contribution < -0.4 is 5.56 Å². The van der Waals surface area contributed by atoms with Gasteiger partial charge in [-0.3, -0.25) is 4.79 Å². The summed E-state index contributed by atoms with van der Waals surface area (Å²) in [5, 5.41) is 4.74. The van der Waals surface area contributed by atoms with Gasteiger partial charge in [-0.1, -0.05) is 85.3 Å². The molecule has 142 valence electrons. The number of H-pyrrole nitrogens is 1. The standard InChI is InChI=1S/C21H21N5OS/c1-13(2)28-21-23-18(14(3)20(27)24-21)19(25-26-22)17-11-9-16(10-12-17)15-7-5-4-6-8-15/h4-13,19H,1-3H3,(H,23,24,27). The molecule has 2 aromatic carbocycles. The van der Waals surface area contributed by atoms with Gasteiger partial charge in [0.2, 0.25) is 0 Å². The van der Waals surface area contributed by atoms with Crippen LogP contribution in [-0.4, -0.2) is 15.2 Å². The van der Waals surface area contributed by atoms with Crippen molar-refractivity contribution in [3.63, 3.8) is 0 Å². The average molecular weight is 392 g/mol. The first-order chi connectivity index (χ1) is 13.5. The quantitative estimate of drug-likeness (QED) is 0.193. The number of aromatic amines is 1. The van der Waals surface area contributed by atoms with Crippen LogP contribution in [0.4, 0.5) is 0 Å². The Kier molecular flexibility index (Phi) is 6.19. The number of nitrogens with zero attached hydrogens (tertiary/aromatic N) is 4. The van der Waals surface area contributed by atoms with E-state index in [0.717, 1.165) is 16.7 Å². The lowest BCUT2D eigenvalue weighted by Crippen LogP contribution is -2.18. The van der Waals surface area contributed by atoms with Gasteiger partial charge in [-0.05, 0) is 29.1 Å². The lowest BCUT2D eigenvalue weighted by atomic mass is 9.98. The van der Waals surface area contributed by atoms with Crippen molar-refractivity contribution in [2.45, 2.75) is 37.2 Å². The second-order valence-electron chi connectivity index (χ2n) is 6.64. The maximum Gasteiger partial charge on any atom is 0.254 e. The average Bonchev–Trinajstić information content (AvgIpc) is 2.69. The van der Waals surface area contributed by atoms with Gasteiger partial charge < -0.3 is 4.98 Å². The number of nitrogens with one attached hydrogen (secondary N) is 1. The van der Waals surface area contributed by atoms with Crippen molar-refractivity contribution in [2.24, 2.45) is 5.11 Å². The molecule has 1 atom stereocenters. The largest absolute Gasteiger partial charge is 0.301 e. The van der Waals surface area contributed by atoms with Gasteiger partial charge in [0.05, 0.1) is 5.69 Å². The summed E-state index contributed by atoms with van der Waals surface area (Å²) in [5.41, 5.74) is 12.8. The SMILES string of the molecule is Cc1c(C(N=[N+]=[N-])c2ccc(-c3ccccc3)cc2)nc(SC(C)C)[nH]c1=O. The van der Waals surface area contributed by atoms with E-state index >= 15 is 0 Å². The third-order valence-corrected chi connectivity index (χ3v) is 5.16. The van der Waals surface area contributed by atoms with Gasteiger partial charge in [-0.15, -0.1) is 0 Å². The first-order valence-corrected chi connectivity index (χ1v) is 9.84. The summed E-state index contributed by atoms with van der Waals surface area (Å²) in [6, 6.07) is 17.2. The Balaban J connectivity index is 2.04. The van der Waals surface area contributed by atoms with Crippen LogP contribution >= 0.6 is 11.8 Å². The van der Waals surface area contributed by atoms with E-state index in [2.05, 4.69) is 20.0 Å². The number of benzene rings is 2. The summed E-state index contributed by atoms with van der Waals surface area (Å²) < 4.78 is 0. The maximum atomic E-state index is 12.4. The first kappa shape index (κ1) is 19.7. The molecule has 0 bridgehead atoms. The molecule has 0 spiro atoms. The molecular weight excluding hydrogens is 370 g/mol. The zero-order valence-electron chi connectivity index (χ0n) is 16.0. The van der Waals surface area contributed by atoms with E-state index in [1.165, 1.54) is 11.8 Å². The van der Waals surface area contributed by atoms with Crippen LogP contribution in [-0.2, 0) is 0 Å². The van der Waals surface area contributed by atoms with Crippen molar-refractivity contribution in [3.05, 3.63) is 92.2 Å². The van der Waals surface area contributed by atoms with Gasteiger partial charge >= 0.3 is 0 Å². The molecule has 0 radical (unpaired) electrons. The number of thioether (sulfide) groups is 1. The van der Waals surface area contributed by atoms with Gasteiger partial charge in [0.15, 0.2) is 5.16 Å². The molecule has 0 saturated heterocycles. The van der Waals surface area contributed by atoms with Gasteiger partial charge in [0.1, 0.15) is 6.04 Å². The van der Waals surface area contributed by atoms with E-state index in [1.807, 2.05) is 68.4 Å². The number of aromatic nitrogens is 2. The topological polar surface area (TPSA) is 94.5 Å². The Bertz CT molecular complexity index is 1050. The van der Waals surface area contributed by atoms with E-state index in [1.54, 1.807) is 6.92 Å². The third-order valence-electron chi connectivity index (χ3n) is 4.27. The molecule has 0 aliphatic heterocycles. The molecule has 3 aromatic rings. The fourth-order valence-corrected chi connectivity index (χ4v) is 3.64. The van der Waals surface area contributed by atoms with Gasteiger partial charge in [-0.2, -0.15) is 0 Å². The Morgan fingerprint density at radius 1 is 1.07 bits per heavy atom. The number of azide groups is 1. The lowest BCUT2D eigenvalue weighted by Gasteiger charge is -2.15. The minimum atomic E-state index is -0.663. The van der Waals surface area contributed by atoms with E-state index in [-0.39, 0.29) is 10.8 Å². The lowest BCUT2D eigenvalue weighted by molar-refractivity contribution is 0.754. The number of rotatable bonds is 6. The van der Waals surface area contributed by atoms with E-state index in [9.17, 15) is 4.79 Å². The maximum absolute atomic E-state index is 12.4.